The van der Waals surface area contributed by atoms with Gasteiger partial charge in [-0.2, -0.15) is 0 Å². The first-order valence-corrected chi connectivity index (χ1v) is 3.64. The zero-order valence-electron chi connectivity index (χ0n) is 6.71. The van der Waals surface area contributed by atoms with E-state index in [1.54, 1.807) is 0 Å². The van der Waals surface area contributed by atoms with Crippen molar-refractivity contribution in [3.05, 3.63) is 0 Å². The van der Waals surface area contributed by atoms with Crippen molar-refractivity contribution in [3.8, 4) is 0 Å². The highest BCUT2D eigenvalue weighted by Crippen LogP contribution is 1.99. The van der Waals surface area contributed by atoms with Crippen LogP contribution in [0.2, 0.25) is 0 Å². The van der Waals surface area contributed by atoms with Crippen molar-refractivity contribution in [2.45, 2.75) is 25.7 Å². The van der Waals surface area contributed by atoms with Gasteiger partial charge in [0.25, 0.3) is 0 Å². The topological polar surface area (TPSA) is 55.8 Å². The molecule has 0 radical (unpaired) electrons. The number of rotatable bonds is 7. The van der Waals surface area contributed by atoms with Gasteiger partial charge in [0.15, 0.2) is 0 Å². The van der Waals surface area contributed by atoms with Crippen molar-refractivity contribution >= 4 is 5.97 Å². The molecule has 0 aliphatic carbocycles. The molecule has 11 heavy (non-hydrogen) atoms. The largest absolute Gasteiger partial charge is 0.481 e. The first kappa shape index (κ1) is 10.4. The molecule has 0 bridgehead atoms. The van der Waals surface area contributed by atoms with Crippen LogP contribution in [0.5, 0.6) is 0 Å². The number of aliphatic carboxylic acids is 1. The predicted molar refractivity (Wildman–Crippen MR) is 39.1 cm³/mol. The van der Waals surface area contributed by atoms with Crippen molar-refractivity contribution in [1.82, 2.24) is 0 Å². The van der Waals surface area contributed by atoms with Crippen LogP contribution in [0.15, 0.2) is 0 Å². The van der Waals surface area contributed by atoms with E-state index < -0.39 is 5.97 Å². The van der Waals surface area contributed by atoms with Crippen LogP contribution in [0.1, 0.15) is 25.7 Å². The van der Waals surface area contributed by atoms with E-state index in [2.05, 4.69) is 9.78 Å². The average Bonchev–Trinajstić information content (AvgIpc) is 1.96. The highest BCUT2D eigenvalue weighted by atomic mass is 17.2. The summed E-state index contributed by atoms with van der Waals surface area (Å²) in [6, 6.07) is 0. The molecule has 0 aromatic rings. The first-order chi connectivity index (χ1) is 5.27. The van der Waals surface area contributed by atoms with Gasteiger partial charge in [-0.05, 0) is 12.8 Å². The normalized spacial score (nSPS) is 9.91. The second kappa shape index (κ2) is 7.50. The number of hydrogen-bond donors (Lipinski definition) is 1. The second-order valence-corrected chi connectivity index (χ2v) is 2.19. The molecule has 0 aliphatic rings. The Kier molecular flexibility index (Phi) is 7.08. The highest BCUT2D eigenvalue weighted by molar-refractivity contribution is 5.66. The highest BCUT2D eigenvalue weighted by Gasteiger charge is 1.95. The van der Waals surface area contributed by atoms with Gasteiger partial charge in [-0.15, -0.1) is 0 Å². The molecule has 66 valence electrons. The van der Waals surface area contributed by atoms with Crippen LogP contribution < -0.4 is 0 Å². The molecular formula is C7H14O4. The van der Waals surface area contributed by atoms with Crippen LogP contribution in [-0.2, 0) is 14.6 Å². The Balaban J connectivity index is 2.85. The lowest BCUT2D eigenvalue weighted by atomic mass is 10.2. The van der Waals surface area contributed by atoms with Crippen LogP contribution in [-0.4, -0.2) is 24.8 Å². The molecule has 0 atom stereocenters. The van der Waals surface area contributed by atoms with Crippen molar-refractivity contribution in [2.24, 2.45) is 0 Å². The maximum Gasteiger partial charge on any atom is 0.303 e. The molecule has 0 aromatic carbocycles. The molecule has 0 unspecified atom stereocenters. The fourth-order valence-electron chi connectivity index (χ4n) is 0.697. The Hall–Kier alpha value is -0.610. The zero-order chi connectivity index (χ0) is 8.53. The lowest BCUT2D eigenvalue weighted by Gasteiger charge is -1.98. The Morgan fingerprint density at radius 2 is 2.09 bits per heavy atom. The van der Waals surface area contributed by atoms with E-state index in [9.17, 15) is 4.79 Å². The van der Waals surface area contributed by atoms with Gasteiger partial charge in [-0.25, -0.2) is 9.78 Å². The van der Waals surface area contributed by atoms with Crippen LogP contribution in [0.25, 0.3) is 0 Å². The fourth-order valence-corrected chi connectivity index (χ4v) is 0.697. The monoisotopic (exact) mass is 162 g/mol. The summed E-state index contributed by atoms with van der Waals surface area (Å²) in [5, 5.41) is 8.26. The molecule has 0 fully saturated rings. The number of carboxylic acid groups (broad SMARTS) is 1. The minimum absolute atomic E-state index is 0.243. The SMILES string of the molecule is COOCCCCCC(=O)O. The summed E-state index contributed by atoms with van der Waals surface area (Å²) in [6.45, 7) is 0.538. The summed E-state index contributed by atoms with van der Waals surface area (Å²) in [5.74, 6) is -0.738. The van der Waals surface area contributed by atoms with Crippen LogP contribution in [0.3, 0.4) is 0 Å². The molecule has 0 heterocycles. The van der Waals surface area contributed by atoms with Gasteiger partial charge >= 0.3 is 5.97 Å². The second-order valence-electron chi connectivity index (χ2n) is 2.19. The van der Waals surface area contributed by atoms with Crippen LogP contribution in [0, 0.1) is 0 Å². The minimum atomic E-state index is -0.738. The minimum Gasteiger partial charge on any atom is -0.481 e. The Bertz CT molecular complexity index is 103. The number of hydrogen-bond acceptors (Lipinski definition) is 3. The molecule has 0 aliphatic heterocycles. The van der Waals surface area contributed by atoms with Gasteiger partial charge in [-0.1, -0.05) is 6.42 Å². The van der Waals surface area contributed by atoms with Crippen LogP contribution in [0.4, 0.5) is 0 Å². The summed E-state index contributed by atoms with van der Waals surface area (Å²) in [5.41, 5.74) is 0. The summed E-state index contributed by atoms with van der Waals surface area (Å²) in [7, 11) is 1.46. The Morgan fingerprint density at radius 3 is 2.64 bits per heavy atom. The van der Waals surface area contributed by atoms with E-state index in [0.29, 0.717) is 13.0 Å². The van der Waals surface area contributed by atoms with Gasteiger partial charge in [0.1, 0.15) is 0 Å². The fraction of sp³-hybridized carbons (Fsp3) is 0.857. The maximum absolute atomic E-state index is 10.0. The van der Waals surface area contributed by atoms with E-state index in [4.69, 9.17) is 5.11 Å². The van der Waals surface area contributed by atoms with E-state index in [1.807, 2.05) is 0 Å². The molecule has 4 nitrogen and oxygen atoms in total. The lowest BCUT2D eigenvalue weighted by Crippen LogP contribution is -1.96. The molecule has 0 spiro atoms. The van der Waals surface area contributed by atoms with Gasteiger partial charge in [0, 0.05) is 6.42 Å². The third kappa shape index (κ3) is 9.39. The number of carboxylic acids is 1. The third-order valence-electron chi connectivity index (χ3n) is 1.24. The number of carbonyl (C=O) groups is 1. The molecular weight excluding hydrogens is 148 g/mol. The summed E-state index contributed by atoms with van der Waals surface area (Å²) in [6.07, 6.45) is 2.67. The van der Waals surface area contributed by atoms with Crippen molar-refractivity contribution in [1.29, 1.82) is 0 Å². The Morgan fingerprint density at radius 1 is 1.36 bits per heavy atom. The van der Waals surface area contributed by atoms with E-state index in [-0.39, 0.29) is 6.42 Å². The van der Waals surface area contributed by atoms with Gasteiger partial charge in [-0.3, -0.25) is 4.79 Å². The van der Waals surface area contributed by atoms with Crippen molar-refractivity contribution < 1.29 is 19.7 Å². The quantitative estimate of drug-likeness (QED) is 0.347. The summed E-state index contributed by atoms with van der Waals surface area (Å²) < 4.78 is 0. The van der Waals surface area contributed by atoms with Gasteiger partial charge in [0.2, 0.25) is 0 Å². The van der Waals surface area contributed by atoms with E-state index >= 15 is 0 Å². The smallest absolute Gasteiger partial charge is 0.303 e. The van der Waals surface area contributed by atoms with E-state index in [1.165, 1.54) is 7.11 Å². The molecule has 1 N–H and O–H groups in total. The van der Waals surface area contributed by atoms with Gasteiger partial charge < -0.3 is 5.11 Å². The summed E-state index contributed by atoms with van der Waals surface area (Å²) in [4.78, 5) is 19.0. The lowest BCUT2D eigenvalue weighted by molar-refractivity contribution is -0.272. The molecule has 0 amide bonds. The maximum atomic E-state index is 10.0. The molecule has 4 heteroatoms. The third-order valence-corrected chi connectivity index (χ3v) is 1.24. The molecule has 0 saturated carbocycles. The molecule has 0 rings (SSSR count). The first-order valence-electron chi connectivity index (χ1n) is 3.64. The van der Waals surface area contributed by atoms with Crippen molar-refractivity contribution in [2.75, 3.05) is 13.7 Å². The van der Waals surface area contributed by atoms with E-state index in [0.717, 1.165) is 12.8 Å². The summed E-state index contributed by atoms with van der Waals surface area (Å²) >= 11 is 0. The molecule has 0 aromatic heterocycles. The molecule has 0 saturated heterocycles. The van der Waals surface area contributed by atoms with Gasteiger partial charge in [0.05, 0.1) is 13.7 Å². The number of unbranched alkanes of at least 4 members (excludes halogenated alkanes) is 2. The Labute approximate surface area is 66.0 Å². The predicted octanol–water partition coefficient (Wildman–Crippen LogP) is 1.21. The standard InChI is InChI=1S/C7H14O4/c1-10-11-6-4-2-3-5-7(8)9/h2-6H2,1H3,(H,8,9). The van der Waals surface area contributed by atoms with Crippen LogP contribution >= 0.6 is 0 Å². The average molecular weight is 162 g/mol. The zero-order valence-corrected chi connectivity index (χ0v) is 6.71. The van der Waals surface area contributed by atoms with Crippen molar-refractivity contribution in [3.63, 3.8) is 0 Å².